The first-order chi connectivity index (χ1) is 11.7. The Bertz CT molecular complexity index is 604. The molecule has 2 heterocycles. The molecule has 2 amide bonds. The lowest BCUT2D eigenvalue weighted by molar-refractivity contribution is -0.132. The lowest BCUT2D eigenvalue weighted by Gasteiger charge is -2.26. The second-order valence-electron chi connectivity index (χ2n) is 6.03. The van der Waals surface area contributed by atoms with Gasteiger partial charge < -0.3 is 15.0 Å². The largest absolute Gasteiger partial charge is 0.379 e. The fourth-order valence-electron chi connectivity index (χ4n) is 3.12. The van der Waals surface area contributed by atoms with E-state index in [0.29, 0.717) is 19.5 Å². The van der Waals surface area contributed by atoms with Gasteiger partial charge in [0.15, 0.2) is 0 Å². The number of benzene rings is 1. The average molecular weight is 396 g/mol. The predicted octanol–water partition coefficient (Wildman–Crippen LogP) is 1.25. The van der Waals surface area contributed by atoms with E-state index in [1.807, 2.05) is 24.3 Å². The molecule has 3 rings (SSSR count). The Morgan fingerprint density at radius 3 is 2.75 bits per heavy atom. The molecule has 24 heavy (non-hydrogen) atoms. The van der Waals surface area contributed by atoms with Gasteiger partial charge in [0, 0.05) is 37.2 Å². The predicted molar refractivity (Wildman–Crippen MR) is 94.9 cm³/mol. The van der Waals surface area contributed by atoms with Gasteiger partial charge in [-0.05, 0) is 34.5 Å². The average Bonchev–Trinajstić information content (AvgIpc) is 2.98. The molecule has 0 saturated carbocycles. The Morgan fingerprint density at radius 2 is 2.00 bits per heavy atom. The summed E-state index contributed by atoms with van der Waals surface area (Å²) in [6.45, 7) is 5.22. The number of anilines is 1. The summed E-state index contributed by atoms with van der Waals surface area (Å²) in [6.07, 6.45) is 0.559. The van der Waals surface area contributed by atoms with Crippen LogP contribution in [0, 0.1) is 5.92 Å². The van der Waals surface area contributed by atoms with Gasteiger partial charge in [-0.2, -0.15) is 0 Å². The highest BCUT2D eigenvalue weighted by Crippen LogP contribution is 2.31. The molecule has 0 spiro atoms. The standard InChI is InChI=1S/C17H22BrN3O3/c18-14-3-1-2-4-15(14)21-7-5-13(17(21)23)16(22)19-6-8-20-9-11-24-12-10-20/h1-4,13H,5-12H2,(H,19,22). The van der Waals surface area contributed by atoms with E-state index in [-0.39, 0.29) is 11.8 Å². The van der Waals surface area contributed by atoms with Crippen LogP contribution in [0.4, 0.5) is 5.69 Å². The van der Waals surface area contributed by atoms with Crippen LogP contribution in [0.5, 0.6) is 0 Å². The number of nitrogens with zero attached hydrogens (tertiary/aromatic N) is 2. The molecule has 1 atom stereocenters. The number of hydrogen-bond acceptors (Lipinski definition) is 4. The number of amides is 2. The molecule has 6 nitrogen and oxygen atoms in total. The van der Waals surface area contributed by atoms with E-state index in [9.17, 15) is 9.59 Å². The topological polar surface area (TPSA) is 61.9 Å². The smallest absolute Gasteiger partial charge is 0.239 e. The van der Waals surface area contributed by atoms with Gasteiger partial charge in [0.2, 0.25) is 11.8 Å². The van der Waals surface area contributed by atoms with E-state index in [1.54, 1.807) is 4.90 Å². The lowest BCUT2D eigenvalue weighted by atomic mass is 10.1. The number of hydrogen-bond donors (Lipinski definition) is 1. The highest BCUT2D eigenvalue weighted by atomic mass is 79.9. The van der Waals surface area contributed by atoms with E-state index in [4.69, 9.17) is 4.74 Å². The number of ether oxygens (including phenoxy) is 1. The molecule has 0 bridgehead atoms. The maximum atomic E-state index is 12.6. The van der Waals surface area contributed by atoms with Crippen LogP contribution in [0.2, 0.25) is 0 Å². The van der Waals surface area contributed by atoms with Gasteiger partial charge in [0.1, 0.15) is 5.92 Å². The van der Waals surface area contributed by atoms with Crippen LogP contribution in [0.25, 0.3) is 0 Å². The van der Waals surface area contributed by atoms with Crippen LogP contribution in [0.15, 0.2) is 28.7 Å². The molecular weight excluding hydrogens is 374 g/mol. The highest BCUT2D eigenvalue weighted by Gasteiger charge is 2.37. The number of rotatable bonds is 5. The molecular formula is C17H22BrN3O3. The Hall–Kier alpha value is -1.44. The third-order valence-corrected chi connectivity index (χ3v) is 5.17. The maximum absolute atomic E-state index is 12.6. The van der Waals surface area contributed by atoms with E-state index in [1.165, 1.54) is 0 Å². The number of para-hydroxylation sites is 1. The molecule has 2 aliphatic rings. The molecule has 130 valence electrons. The molecule has 0 aliphatic carbocycles. The van der Waals surface area contributed by atoms with Crippen LogP contribution in [0.3, 0.4) is 0 Å². The van der Waals surface area contributed by atoms with Crippen molar-refractivity contribution in [3.63, 3.8) is 0 Å². The van der Waals surface area contributed by atoms with Crippen LogP contribution in [-0.4, -0.2) is 62.7 Å². The summed E-state index contributed by atoms with van der Waals surface area (Å²) >= 11 is 3.47. The van der Waals surface area contributed by atoms with Gasteiger partial charge in [-0.1, -0.05) is 12.1 Å². The number of nitrogens with one attached hydrogen (secondary N) is 1. The summed E-state index contributed by atoms with van der Waals surface area (Å²) in [7, 11) is 0. The van der Waals surface area contributed by atoms with Gasteiger partial charge in [-0.25, -0.2) is 0 Å². The molecule has 2 saturated heterocycles. The van der Waals surface area contributed by atoms with E-state index in [2.05, 4.69) is 26.1 Å². The van der Waals surface area contributed by atoms with Crippen LogP contribution in [-0.2, 0) is 14.3 Å². The zero-order valence-corrected chi connectivity index (χ0v) is 15.1. The summed E-state index contributed by atoms with van der Waals surface area (Å²) in [4.78, 5) is 28.9. The SMILES string of the molecule is O=C(NCCN1CCOCC1)C1CCN(c2ccccc2Br)C1=O. The molecule has 2 fully saturated rings. The first-order valence-corrected chi connectivity index (χ1v) is 9.10. The van der Waals surface area contributed by atoms with Crippen molar-refractivity contribution in [3.8, 4) is 0 Å². The minimum atomic E-state index is -0.582. The van der Waals surface area contributed by atoms with Crippen molar-refractivity contribution in [2.24, 2.45) is 5.92 Å². The van der Waals surface area contributed by atoms with Crippen molar-refractivity contribution < 1.29 is 14.3 Å². The van der Waals surface area contributed by atoms with Crippen LogP contribution >= 0.6 is 15.9 Å². The zero-order chi connectivity index (χ0) is 16.9. The van der Waals surface area contributed by atoms with Crippen molar-refractivity contribution in [2.75, 3.05) is 50.8 Å². The van der Waals surface area contributed by atoms with Gasteiger partial charge in [0.05, 0.1) is 18.9 Å². The number of carbonyl (C=O) groups excluding carboxylic acids is 2. The van der Waals surface area contributed by atoms with E-state index >= 15 is 0 Å². The number of carbonyl (C=O) groups is 2. The van der Waals surface area contributed by atoms with Crippen LogP contribution < -0.4 is 10.2 Å². The monoisotopic (exact) mass is 395 g/mol. The quantitative estimate of drug-likeness (QED) is 0.762. The minimum Gasteiger partial charge on any atom is -0.379 e. The molecule has 1 aromatic rings. The fraction of sp³-hybridized carbons (Fsp3) is 0.529. The molecule has 0 radical (unpaired) electrons. The summed E-state index contributed by atoms with van der Waals surface area (Å²) in [5.41, 5.74) is 0.825. The third kappa shape index (κ3) is 3.96. The van der Waals surface area contributed by atoms with Gasteiger partial charge in [-0.3, -0.25) is 14.5 Å². The third-order valence-electron chi connectivity index (χ3n) is 4.50. The van der Waals surface area contributed by atoms with Gasteiger partial charge in [-0.15, -0.1) is 0 Å². The molecule has 1 unspecified atom stereocenters. The van der Waals surface area contributed by atoms with Crippen molar-refractivity contribution in [2.45, 2.75) is 6.42 Å². The first kappa shape index (κ1) is 17.4. The fourth-order valence-corrected chi connectivity index (χ4v) is 3.62. The Kier molecular flexibility index (Phi) is 5.86. The first-order valence-electron chi connectivity index (χ1n) is 8.30. The summed E-state index contributed by atoms with van der Waals surface area (Å²) in [5, 5.41) is 2.91. The molecule has 0 aromatic heterocycles. The maximum Gasteiger partial charge on any atom is 0.239 e. The van der Waals surface area contributed by atoms with Crippen molar-refractivity contribution in [1.82, 2.24) is 10.2 Å². The lowest BCUT2D eigenvalue weighted by Crippen LogP contribution is -2.43. The van der Waals surface area contributed by atoms with E-state index in [0.717, 1.165) is 43.0 Å². The molecule has 2 aliphatic heterocycles. The molecule has 1 aromatic carbocycles. The second-order valence-corrected chi connectivity index (χ2v) is 6.88. The Morgan fingerprint density at radius 1 is 1.25 bits per heavy atom. The van der Waals surface area contributed by atoms with Crippen LogP contribution in [0.1, 0.15) is 6.42 Å². The minimum absolute atomic E-state index is 0.120. The number of halogens is 1. The highest BCUT2D eigenvalue weighted by molar-refractivity contribution is 9.10. The van der Waals surface area contributed by atoms with Gasteiger partial charge in [0.25, 0.3) is 0 Å². The zero-order valence-electron chi connectivity index (χ0n) is 13.5. The second kappa shape index (κ2) is 8.09. The molecule has 7 heteroatoms. The normalized spacial score (nSPS) is 22.0. The Labute approximate surface area is 150 Å². The summed E-state index contributed by atoms with van der Waals surface area (Å²) < 4.78 is 6.17. The van der Waals surface area contributed by atoms with E-state index < -0.39 is 5.92 Å². The van der Waals surface area contributed by atoms with Crippen molar-refractivity contribution >= 4 is 33.4 Å². The van der Waals surface area contributed by atoms with Gasteiger partial charge >= 0.3 is 0 Å². The summed E-state index contributed by atoms with van der Waals surface area (Å²) in [5.74, 6) is -0.865. The van der Waals surface area contributed by atoms with Crippen molar-refractivity contribution in [3.05, 3.63) is 28.7 Å². The number of morpholine rings is 1. The van der Waals surface area contributed by atoms with Crippen molar-refractivity contribution in [1.29, 1.82) is 0 Å². The Balaban J connectivity index is 1.51. The summed E-state index contributed by atoms with van der Waals surface area (Å²) in [6, 6.07) is 7.59. The molecule has 1 N–H and O–H groups in total.